The number of nitrogens with one attached hydrogen (secondary N) is 1. The van der Waals surface area contributed by atoms with Gasteiger partial charge in [-0.2, -0.15) is 5.10 Å². The second kappa shape index (κ2) is 9.26. The van der Waals surface area contributed by atoms with Gasteiger partial charge in [-0.25, -0.2) is 9.80 Å². The largest absolute Gasteiger partial charge is 0.504 e. The minimum absolute atomic E-state index is 0.130. The fourth-order valence-corrected chi connectivity index (χ4v) is 5.82. The van der Waals surface area contributed by atoms with Gasteiger partial charge in [0.15, 0.2) is 11.5 Å². The maximum absolute atomic E-state index is 13.0. The molecule has 3 fully saturated rings. The third-order valence-electron chi connectivity index (χ3n) is 5.81. The quantitative estimate of drug-likeness (QED) is 0.127. The number of carboxylic acid groups (broad SMARTS) is 1. The van der Waals surface area contributed by atoms with Crippen LogP contribution in [0.3, 0.4) is 0 Å². The molecule has 1 aromatic carbocycles. The van der Waals surface area contributed by atoms with Gasteiger partial charge in [-0.05, 0) is 19.1 Å². The molecule has 15 heteroatoms. The molecule has 1 aromatic rings. The number of hydrazone groups is 1. The van der Waals surface area contributed by atoms with Gasteiger partial charge in [0.2, 0.25) is 5.91 Å². The van der Waals surface area contributed by atoms with E-state index in [1.54, 1.807) is 6.92 Å². The third kappa shape index (κ3) is 4.23. The molecule has 3 heterocycles. The van der Waals surface area contributed by atoms with E-state index in [2.05, 4.69) is 10.4 Å². The van der Waals surface area contributed by atoms with Crippen molar-refractivity contribution in [1.82, 2.24) is 20.1 Å². The number of urea groups is 1. The number of aromatic hydroxyl groups is 2. The van der Waals surface area contributed by atoms with Crippen LogP contribution in [0.4, 0.5) is 4.79 Å². The lowest BCUT2D eigenvalue weighted by molar-refractivity contribution is -0.150. The van der Waals surface area contributed by atoms with Gasteiger partial charge in [0.25, 0.3) is 11.7 Å². The van der Waals surface area contributed by atoms with Crippen LogP contribution in [0.15, 0.2) is 17.2 Å². The molecule has 4 N–H and O–H groups in total. The second-order valence-corrected chi connectivity index (χ2v) is 9.72. The Hall–Kier alpha value is -3.52. The number of fused-ring (bicyclic) bond motifs is 1. The molecule has 0 spiro atoms. The van der Waals surface area contributed by atoms with Crippen molar-refractivity contribution in [3.05, 3.63) is 22.7 Å². The molecule has 3 aliphatic rings. The molecule has 35 heavy (non-hydrogen) atoms. The zero-order valence-electron chi connectivity index (χ0n) is 18.1. The van der Waals surface area contributed by atoms with E-state index in [1.807, 2.05) is 0 Å². The van der Waals surface area contributed by atoms with Gasteiger partial charge >= 0.3 is 12.0 Å². The molecule has 4 amide bonds. The number of hydrogen-bond donors (Lipinski definition) is 4. The standard InChI is InChI=1S/C20H20ClN5O8S/c1-8-7-24(20(34)25(8)18-16(19(32)33)35-12-6-11(28)26(12)18)23-5-4-22-17(31)14(29)9-2-3-10(27)15(30)13(9)21/h2-3,5,8,12,16,18,27,30H,4,6-7H2,1H3,(H,22,31)(H,32,33)/b23-5+/t8?,12?,16?,18-/m0/s1. The number of benzene rings is 1. The average Bonchev–Trinajstić information content (AvgIpc) is 3.26. The monoisotopic (exact) mass is 525 g/mol. The number of nitrogens with zero attached hydrogens (tertiary/aromatic N) is 4. The molecule has 186 valence electrons. The normalized spacial score (nSPS) is 25.7. The van der Waals surface area contributed by atoms with Crippen LogP contribution in [0.1, 0.15) is 23.7 Å². The molecule has 0 bridgehead atoms. The van der Waals surface area contributed by atoms with Gasteiger partial charge in [0, 0.05) is 6.21 Å². The first-order chi connectivity index (χ1) is 16.5. The molecule has 0 aliphatic carbocycles. The first-order valence-electron chi connectivity index (χ1n) is 10.4. The second-order valence-electron chi connectivity index (χ2n) is 8.02. The van der Waals surface area contributed by atoms with Gasteiger partial charge in [-0.15, -0.1) is 11.8 Å². The van der Waals surface area contributed by atoms with Crippen LogP contribution in [-0.4, -0.2) is 102 Å². The SMILES string of the molecule is CC1CN(/N=C/CNC(=O)C(=O)c2ccc(O)c(O)c2Cl)C(=O)N1[C@@H]1C(C(=O)O)SC2CC(=O)N21. The zero-order chi connectivity index (χ0) is 25.6. The Bertz CT molecular complexity index is 1160. The van der Waals surface area contributed by atoms with Crippen LogP contribution in [0.2, 0.25) is 5.02 Å². The number of β-lactam (4-membered cyclic amide) rings is 1. The Morgan fingerprint density at radius 2 is 1.97 bits per heavy atom. The minimum Gasteiger partial charge on any atom is -0.504 e. The first kappa shape index (κ1) is 24.6. The lowest BCUT2D eigenvalue weighted by atomic mass is 10.1. The Kier molecular flexibility index (Phi) is 6.51. The van der Waals surface area contributed by atoms with Crippen LogP contribution in [0.5, 0.6) is 11.5 Å². The summed E-state index contributed by atoms with van der Waals surface area (Å²) in [7, 11) is 0. The number of ketones is 1. The highest BCUT2D eigenvalue weighted by Crippen LogP contribution is 2.46. The van der Waals surface area contributed by atoms with Crippen molar-refractivity contribution >= 4 is 59.2 Å². The predicted octanol–water partition coefficient (Wildman–Crippen LogP) is 0.246. The van der Waals surface area contributed by atoms with Gasteiger partial charge in [-0.1, -0.05) is 11.6 Å². The number of phenols is 2. The molecule has 3 saturated heterocycles. The molecule has 3 aliphatic heterocycles. The summed E-state index contributed by atoms with van der Waals surface area (Å²) in [5.41, 5.74) is -0.308. The average molecular weight is 526 g/mol. The van der Waals surface area contributed by atoms with E-state index in [-0.39, 0.29) is 36.4 Å². The van der Waals surface area contributed by atoms with Crippen molar-refractivity contribution in [3.63, 3.8) is 0 Å². The summed E-state index contributed by atoms with van der Waals surface area (Å²) in [5.74, 6) is -4.71. The molecule has 3 unspecified atom stereocenters. The van der Waals surface area contributed by atoms with Crippen LogP contribution in [0, 0.1) is 0 Å². The van der Waals surface area contributed by atoms with Crippen molar-refractivity contribution in [2.24, 2.45) is 5.10 Å². The zero-order valence-corrected chi connectivity index (χ0v) is 19.7. The molecule has 13 nitrogen and oxygen atoms in total. The lowest BCUT2D eigenvalue weighted by Gasteiger charge is -2.42. The molecular formula is C20H20ClN5O8S. The molecular weight excluding hydrogens is 506 g/mol. The van der Waals surface area contributed by atoms with E-state index in [0.29, 0.717) is 0 Å². The van der Waals surface area contributed by atoms with Gasteiger partial charge in [0.05, 0.1) is 41.5 Å². The van der Waals surface area contributed by atoms with Crippen molar-refractivity contribution in [1.29, 1.82) is 0 Å². The summed E-state index contributed by atoms with van der Waals surface area (Å²) < 4.78 is 0. The van der Waals surface area contributed by atoms with Gasteiger partial charge in [-0.3, -0.25) is 24.1 Å². The summed E-state index contributed by atoms with van der Waals surface area (Å²) in [6, 6.07) is 1.09. The van der Waals surface area contributed by atoms with E-state index < -0.39 is 57.7 Å². The van der Waals surface area contributed by atoms with E-state index in [4.69, 9.17) is 11.6 Å². The number of carbonyl (C=O) groups is 5. The number of aliphatic carboxylic acids is 1. The maximum Gasteiger partial charge on any atom is 0.342 e. The Morgan fingerprint density at radius 1 is 1.26 bits per heavy atom. The fourth-order valence-electron chi connectivity index (χ4n) is 4.10. The minimum atomic E-state index is -1.11. The maximum atomic E-state index is 13.0. The molecule has 0 saturated carbocycles. The number of halogens is 1. The molecule has 0 radical (unpaired) electrons. The number of carboxylic acids is 1. The topological polar surface area (TPSA) is 180 Å². The summed E-state index contributed by atoms with van der Waals surface area (Å²) in [6.45, 7) is 1.62. The predicted molar refractivity (Wildman–Crippen MR) is 122 cm³/mol. The fraction of sp³-hybridized carbons (Fsp3) is 0.400. The van der Waals surface area contributed by atoms with E-state index in [0.717, 1.165) is 28.9 Å². The van der Waals surface area contributed by atoms with E-state index in [1.165, 1.54) is 16.0 Å². The smallest absolute Gasteiger partial charge is 0.342 e. The highest BCUT2D eigenvalue weighted by molar-refractivity contribution is 8.01. The summed E-state index contributed by atoms with van der Waals surface area (Å²) in [4.78, 5) is 63.9. The number of hydrogen-bond acceptors (Lipinski definition) is 9. The van der Waals surface area contributed by atoms with Crippen molar-refractivity contribution in [2.75, 3.05) is 13.1 Å². The van der Waals surface area contributed by atoms with Gasteiger partial charge < -0.3 is 25.5 Å². The highest BCUT2D eigenvalue weighted by atomic mass is 35.5. The summed E-state index contributed by atoms with van der Waals surface area (Å²) in [6.07, 6.45) is 0.497. The van der Waals surface area contributed by atoms with Crippen molar-refractivity contribution < 1.29 is 39.3 Å². The number of rotatable bonds is 7. The number of phenolic OH excluding ortho intramolecular Hbond substituents is 2. The number of thioether (sulfide) groups is 1. The molecule has 4 atom stereocenters. The summed E-state index contributed by atoms with van der Waals surface area (Å²) >= 11 is 6.93. The Morgan fingerprint density at radius 3 is 2.63 bits per heavy atom. The van der Waals surface area contributed by atoms with Crippen LogP contribution in [0.25, 0.3) is 0 Å². The third-order valence-corrected chi connectivity index (χ3v) is 7.64. The number of Topliss-reactive ketones (excluding diaryl/α,β-unsaturated/α-hetero) is 1. The number of amides is 4. The van der Waals surface area contributed by atoms with E-state index >= 15 is 0 Å². The van der Waals surface area contributed by atoms with Crippen LogP contribution >= 0.6 is 23.4 Å². The lowest BCUT2D eigenvalue weighted by Crippen LogP contribution is -2.61. The molecule has 4 rings (SSSR count). The summed E-state index contributed by atoms with van der Waals surface area (Å²) in [5, 5.41) is 34.3. The van der Waals surface area contributed by atoms with Crippen molar-refractivity contribution in [2.45, 2.75) is 36.2 Å². The van der Waals surface area contributed by atoms with E-state index in [9.17, 15) is 39.3 Å². The Labute approximate surface area is 207 Å². The molecule has 0 aromatic heterocycles. The van der Waals surface area contributed by atoms with Gasteiger partial charge in [0.1, 0.15) is 11.4 Å². The highest BCUT2D eigenvalue weighted by Gasteiger charge is 2.59. The Balaban J connectivity index is 1.37. The number of carbonyl (C=O) groups excluding carboxylic acids is 4. The van der Waals surface area contributed by atoms with Crippen LogP contribution in [-0.2, 0) is 14.4 Å². The first-order valence-corrected chi connectivity index (χ1v) is 11.7. The van der Waals surface area contributed by atoms with Crippen molar-refractivity contribution in [3.8, 4) is 11.5 Å². The van der Waals surface area contributed by atoms with Crippen LogP contribution < -0.4 is 5.32 Å².